The van der Waals surface area contributed by atoms with E-state index >= 15 is 0 Å². The third kappa shape index (κ3) is 2.83. The van der Waals surface area contributed by atoms with E-state index in [0.29, 0.717) is 10.0 Å². The number of hydrogen-bond acceptors (Lipinski definition) is 6. The van der Waals surface area contributed by atoms with E-state index in [1.807, 2.05) is 53.5 Å². The smallest absolute Gasteiger partial charge is 0.165 e. The lowest BCUT2D eigenvalue weighted by atomic mass is 9.99. The van der Waals surface area contributed by atoms with Crippen molar-refractivity contribution >= 4 is 56.3 Å². The molecule has 2 aromatic carbocycles. The fourth-order valence-corrected chi connectivity index (χ4v) is 5.17. The van der Waals surface area contributed by atoms with Crippen molar-refractivity contribution in [3.05, 3.63) is 69.5 Å². The summed E-state index contributed by atoms with van der Waals surface area (Å²) in [6.45, 7) is 1.50. The average Bonchev–Trinajstić information content (AvgIpc) is 3.38. The van der Waals surface area contributed by atoms with Gasteiger partial charge in [-0.3, -0.25) is 4.99 Å². The van der Waals surface area contributed by atoms with Gasteiger partial charge in [-0.25, -0.2) is 9.99 Å². The first-order valence-corrected chi connectivity index (χ1v) is 11.0. The molecule has 0 amide bonds. The first-order valence-electron chi connectivity index (χ1n) is 9.41. The number of nitrogens with zero attached hydrogens (tertiary/aromatic N) is 5. The van der Waals surface area contributed by atoms with E-state index in [9.17, 15) is 0 Å². The van der Waals surface area contributed by atoms with Gasteiger partial charge in [-0.1, -0.05) is 52.7 Å². The minimum atomic E-state index is 0.698. The maximum Gasteiger partial charge on any atom is 0.165 e. The molecule has 2 aromatic heterocycles. The van der Waals surface area contributed by atoms with Gasteiger partial charge in [-0.2, -0.15) is 0 Å². The number of benzene rings is 2. The second-order valence-electron chi connectivity index (χ2n) is 7.05. The molecule has 0 aliphatic carbocycles. The number of aromatic nitrogens is 1. The third-order valence-corrected chi connectivity index (χ3v) is 6.78. The van der Waals surface area contributed by atoms with Gasteiger partial charge in [-0.15, -0.1) is 16.5 Å². The van der Waals surface area contributed by atoms with Crippen LogP contribution >= 0.6 is 34.5 Å². The number of thiophene rings is 1. The monoisotopic (exact) mass is 449 g/mol. The highest BCUT2D eigenvalue weighted by molar-refractivity contribution is 7.21. The molecule has 0 saturated carbocycles. The van der Waals surface area contributed by atoms with Crippen molar-refractivity contribution in [3.63, 3.8) is 0 Å². The Bertz CT molecular complexity index is 1360. The Morgan fingerprint density at radius 2 is 1.60 bits per heavy atom. The molecule has 6 rings (SSSR count). The summed E-state index contributed by atoms with van der Waals surface area (Å²) in [7, 11) is 0. The zero-order valence-electron chi connectivity index (χ0n) is 15.5. The molecule has 0 N–H and O–H groups in total. The molecular weight excluding hydrogens is 437 g/mol. The number of hydrogen-bond donors (Lipinski definition) is 0. The minimum absolute atomic E-state index is 0.698. The summed E-state index contributed by atoms with van der Waals surface area (Å²) in [6, 6.07) is 17.7. The standard InChI is InChI=1S/C22H13Cl2N5S/c23-14-5-1-12(2-6-14)16-11-17(13-3-7-15(24)8-4-13)26-22-18(16)19-20(30-22)21-25-9-10-29(21)28-27-19/h1-8,11H,9-10H2. The van der Waals surface area contributed by atoms with Crippen molar-refractivity contribution in [2.75, 3.05) is 13.1 Å². The predicted octanol–water partition coefficient (Wildman–Crippen LogP) is 7.01. The Morgan fingerprint density at radius 1 is 0.900 bits per heavy atom. The van der Waals surface area contributed by atoms with Gasteiger partial charge < -0.3 is 0 Å². The number of pyridine rings is 1. The van der Waals surface area contributed by atoms with E-state index in [1.165, 1.54) is 0 Å². The van der Waals surface area contributed by atoms with Crippen LogP contribution in [0.4, 0.5) is 5.69 Å². The van der Waals surface area contributed by atoms with E-state index in [2.05, 4.69) is 21.4 Å². The van der Waals surface area contributed by atoms with Crippen LogP contribution in [0.15, 0.2) is 69.9 Å². The second kappa shape index (κ2) is 6.87. The molecule has 0 saturated heterocycles. The normalized spacial score (nSPS) is 14.7. The lowest BCUT2D eigenvalue weighted by Crippen LogP contribution is -2.23. The van der Waals surface area contributed by atoms with Crippen LogP contribution in [-0.2, 0) is 0 Å². The summed E-state index contributed by atoms with van der Waals surface area (Å²) in [6.07, 6.45) is 0. The molecule has 4 aromatic rings. The number of rotatable bonds is 2. The van der Waals surface area contributed by atoms with Crippen LogP contribution in [-0.4, -0.2) is 28.9 Å². The highest BCUT2D eigenvalue weighted by atomic mass is 35.5. The average molecular weight is 450 g/mol. The van der Waals surface area contributed by atoms with Gasteiger partial charge in [0, 0.05) is 21.0 Å². The molecule has 2 aliphatic heterocycles. The van der Waals surface area contributed by atoms with Gasteiger partial charge in [0.1, 0.15) is 15.4 Å². The fourth-order valence-electron chi connectivity index (χ4n) is 3.77. The Kier molecular flexibility index (Phi) is 4.13. The van der Waals surface area contributed by atoms with E-state index < -0.39 is 0 Å². The van der Waals surface area contributed by atoms with Crippen molar-refractivity contribution in [1.82, 2.24) is 9.99 Å². The van der Waals surface area contributed by atoms with E-state index in [-0.39, 0.29) is 0 Å². The van der Waals surface area contributed by atoms with Crippen LogP contribution in [0.1, 0.15) is 4.88 Å². The molecule has 0 unspecified atom stereocenters. The van der Waals surface area contributed by atoms with Crippen LogP contribution in [0.3, 0.4) is 0 Å². The lowest BCUT2D eigenvalue weighted by Gasteiger charge is -2.16. The van der Waals surface area contributed by atoms with Gasteiger partial charge in [-0.05, 0) is 41.5 Å². The van der Waals surface area contributed by atoms with Gasteiger partial charge in [0.05, 0.1) is 18.8 Å². The van der Waals surface area contributed by atoms with Crippen molar-refractivity contribution in [2.24, 2.45) is 15.3 Å². The maximum atomic E-state index is 6.14. The van der Waals surface area contributed by atoms with Crippen LogP contribution < -0.4 is 0 Å². The van der Waals surface area contributed by atoms with Crippen molar-refractivity contribution in [1.29, 1.82) is 0 Å². The topological polar surface area (TPSA) is 53.2 Å². The fraction of sp³-hybridized carbons (Fsp3) is 0.0909. The second-order valence-corrected chi connectivity index (χ2v) is 8.92. The Balaban J connectivity index is 1.65. The highest BCUT2D eigenvalue weighted by Crippen LogP contribution is 2.46. The van der Waals surface area contributed by atoms with Crippen molar-refractivity contribution in [3.8, 4) is 22.4 Å². The Labute approximate surface area is 186 Å². The first kappa shape index (κ1) is 18.0. The predicted molar refractivity (Wildman–Crippen MR) is 123 cm³/mol. The van der Waals surface area contributed by atoms with Crippen molar-refractivity contribution in [2.45, 2.75) is 0 Å². The molecule has 4 heterocycles. The largest absolute Gasteiger partial charge is 0.264 e. The van der Waals surface area contributed by atoms with E-state index in [0.717, 1.165) is 62.1 Å². The third-order valence-electron chi connectivity index (χ3n) is 5.21. The number of halogens is 2. The maximum absolute atomic E-state index is 6.14. The van der Waals surface area contributed by atoms with Gasteiger partial charge in [0.15, 0.2) is 5.84 Å². The summed E-state index contributed by atoms with van der Waals surface area (Å²) in [5.41, 5.74) is 4.82. The number of fused-ring (bicyclic) bond motifs is 5. The SMILES string of the molecule is Clc1ccc(-c2cc(-c3ccc(Cl)cc3)c3c4c(sc3n2)C2=NCCN2N=N4)cc1. The Hall–Kier alpha value is -2.80. The zero-order valence-corrected chi connectivity index (χ0v) is 17.8. The molecule has 30 heavy (non-hydrogen) atoms. The summed E-state index contributed by atoms with van der Waals surface area (Å²) in [5, 5.41) is 13.2. The molecule has 0 fully saturated rings. The van der Waals surface area contributed by atoms with E-state index in [4.69, 9.17) is 28.2 Å². The highest BCUT2D eigenvalue weighted by Gasteiger charge is 2.30. The molecule has 0 spiro atoms. The molecular formula is C22H13Cl2N5S. The quantitative estimate of drug-likeness (QED) is 0.330. The zero-order chi connectivity index (χ0) is 20.2. The molecule has 0 atom stereocenters. The van der Waals surface area contributed by atoms with Gasteiger partial charge >= 0.3 is 0 Å². The summed E-state index contributed by atoms with van der Waals surface area (Å²) in [5.74, 6) is 0.887. The van der Waals surface area contributed by atoms with Crippen molar-refractivity contribution < 1.29 is 0 Å². The molecule has 2 aliphatic rings. The summed E-state index contributed by atoms with van der Waals surface area (Å²) < 4.78 is 0. The minimum Gasteiger partial charge on any atom is -0.264 e. The van der Waals surface area contributed by atoms with Crippen LogP contribution in [0.25, 0.3) is 32.6 Å². The van der Waals surface area contributed by atoms with E-state index in [1.54, 1.807) is 11.3 Å². The summed E-state index contributed by atoms with van der Waals surface area (Å²) in [4.78, 5) is 11.5. The Morgan fingerprint density at radius 3 is 2.33 bits per heavy atom. The number of amidine groups is 1. The molecule has 0 bridgehead atoms. The number of aliphatic imine (C=N–C) groups is 1. The first-order chi connectivity index (χ1) is 14.7. The van der Waals surface area contributed by atoms with Crippen LogP contribution in [0.5, 0.6) is 0 Å². The van der Waals surface area contributed by atoms with Crippen LogP contribution in [0, 0.1) is 0 Å². The molecule has 146 valence electrons. The molecule has 5 nitrogen and oxygen atoms in total. The molecule has 0 radical (unpaired) electrons. The lowest BCUT2D eigenvalue weighted by molar-refractivity contribution is 0.454. The van der Waals surface area contributed by atoms with Gasteiger partial charge in [0.2, 0.25) is 0 Å². The van der Waals surface area contributed by atoms with Crippen LogP contribution in [0.2, 0.25) is 10.0 Å². The summed E-state index contributed by atoms with van der Waals surface area (Å²) >= 11 is 13.8. The molecule has 8 heteroatoms. The van der Waals surface area contributed by atoms with Gasteiger partial charge in [0.25, 0.3) is 0 Å².